The van der Waals surface area contributed by atoms with E-state index in [-0.39, 0.29) is 5.97 Å². The van der Waals surface area contributed by atoms with Gasteiger partial charge in [0.1, 0.15) is 0 Å². The quantitative estimate of drug-likeness (QED) is 0.563. The van der Waals surface area contributed by atoms with Crippen molar-refractivity contribution < 1.29 is 14.3 Å². The number of rotatable bonds is 5. The summed E-state index contributed by atoms with van der Waals surface area (Å²) in [5, 5.41) is 0. The zero-order valence-electron chi connectivity index (χ0n) is 9.60. The van der Waals surface area contributed by atoms with Crippen LogP contribution in [0.2, 0.25) is 0 Å². The molecular formula is C13H16O3. The maximum Gasteiger partial charge on any atom is 0.330 e. The van der Waals surface area contributed by atoms with E-state index in [9.17, 15) is 4.79 Å². The third kappa shape index (κ3) is 4.28. The fraction of sp³-hybridized carbons (Fsp3) is 0.308. The number of hydrogen-bond acceptors (Lipinski definition) is 3. The van der Waals surface area contributed by atoms with E-state index >= 15 is 0 Å². The highest BCUT2D eigenvalue weighted by Gasteiger charge is 1.94. The van der Waals surface area contributed by atoms with E-state index < -0.39 is 0 Å². The predicted molar refractivity (Wildman–Crippen MR) is 63.1 cm³/mol. The highest BCUT2D eigenvalue weighted by atomic mass is 16.5. The average Bonchev–Trinajstić information content (AvgIpc) is 2.34. The molecule has 0 unspecified atom stereocenters. The Morgan fingerprint density at radius 2 is 1.94 bits per heavy atom. The summed E-state index contributed by atoms with van der Waals surface area (Å²) in [5.74, 6) is -0.344. The van der Waals surface area contributed by atoms with Gasteiger partial charge in [0.2, 0.25) is 0 Å². The average molecular weight is 220 g/mol. The monoisotopic (exact) mass is 220 g/mol. The van der Waals surface area contributed by atoms with Gasteiger partial charge in [0.25, 0.3) is 0 Å². The lowest BCUT2D eigenvalue weighted by Crippen LogP contribution is -1.94. The van der Waals surface area contributed by atoms with Gasteiger partial charge < -0.3 is 9.47 Å². The van der Waals surface area contributed by atoms with Crippen molar-refractivity contribution in [2.45, 2.75) is 6.42 Å². The lowest BCUT2D eigenvalue weighted by atomic mass is 10.1. The second-order valence-electron chi connectivity index (χ2n) is 3.34. The van der Waals surface area contributed by atoms with Crippen LogP contribution >= 0.6 is 0 Å². The van der Waals surface area contributed by atoms with E-state index in [1.807, 2.05) is 24.3 Å². The van der Waals surface area contributed by atoms with Crippen LogP contribution in [0.15, 0.2) is 30.3 Å². The summed E-state index contributed by atoms with van der Waals surface area (Å²) in [6, 6.07) is 7.97. The van der Waals surface area contributed by atoms with Gasteiger partial charge >= 0.3 is 5.97 Å². The molecule has 0 saturated carbocycles. The van der Waals surface area contributed by atoms with E-state index in [4.69, 9.17) is 4.74 Å². The van der Waals surface area contributed by atoms with Crippen molar-refractivity contribution in [3.8, 4) is 0 Å². The molecule has 0 amide bonds. The van der Waals surface area contributed by atoms with Gasteiger partial charge in [0.15, 0.2) is 0 Å². The van der Waals surface area contributed by atoms with E-state index in [2.05, 4.69) is 4.74 Å². The summed E-state index contributed by atoms with van der Waals surface area (Å²) in [7, 11) is 3.05. The largest absolute Gasteiger partial charge is 0.466 e. The Hall–Kier alpha value is -1.61. The molecule has 0 N–H and O–H groups in total. The molecular weight excluding hydrogens is 204 g/mol. The van der Waals surface area contributed by atoms with Gasteiger partial charge in [-0.15, -0.1) is 0 Å². The highest BCUT2D eigenvalue weighted by Crippen LogP contribution is 2.07. The molecule has 0 atom stereocenters. The van der Waals surface area contributed by atoms with Crippen molar-refractivity contribution in [2.75, 3.05) is 20.8 Å². The van der Waals surface area contributed by atoms with Crippen molar-refractivity contribution in [3.63, 3.8) is 0 Å². The predicted octanol–water partition coefficient (Wildman–Crippen LogP) is 2.06. The standard InChI is InChI=1S/C13H16O3/c1-15-10-9-12-5-3-11(4-6-12)7-8-13(14)16-2/h3-8H,9-10H2,1-2H3/b8-7+. The minimum atomic E-state index is -0.344. The Balaban J connectivity index is 2.57. The molecule has 0 aliphatic rings. The van der Waals surface area contributed by atoms with Crippen LogP contribution in [0, 0.1) is 0 Å². The Bertz CT molecular complexity index is 352. The first-order chi connectivity index (χ1) is 7.76. The van der Waals surface area contributed by atoms with Gasteiger partial charge in [-0.2, -0.15) is 0 Å². The number of esters is 1. The summed E-state index contributed by atoms with van der Waals surface area (Å²) in [4.78, 5) is 10.9. The second kappa shape index (κ2) is 6.80. The van der Waals surface area contributed by atoms with E-state index in [1.165, 1.54) is 18.7 Å². The van der Waals surface area contributed by atoms with Gasteiger partial charge in [-0.1, -0.05) is 24.3 Å². The molecule has 0 bridgehead atoms. The molecule has 3 heteroatoms. The van der Waals surface area contributed by atoms with Crippen molar-refractivity contribution in [2.24, 2.45) is 0 Å². The van der Waals surface area contributed by atoms with Crippen LogP contribution in [0.1, 0.15) is 11.1 Å². The summed E-state index contributed by atoms with van der Waals surface area (Å²) in [6.07, 6.45) is 4.04. The molecule has 0 radical (unpaired) electrons. The fourth-order valence-electron chi connectivity index (χ4n) is 1.25. The molecule has 0 saturated heterocycles. The van der Waals surface area contributed by atoms with Crippen molar-refractivity contribution >= 4 is 12.0 Å². The molecule has 0 aliphatic heterocycles. The SMILES string of the molecule is COCCc1ccc(/C=C/C(=O)OC)cc1. The third-order valence-corrected chi connectivity index (χ3v) is 2.19. The lowest BCUT2D eigenvalue weighted by Gasteiger charge is -2.00. The zero-order chi connectivity index (χ0) is 11.8. The van der Waals surface area contributed by atoms with Crippen LogP contribution < -0.4 is 0 Å². The van der Waals surface area contributed by atoms with Crippen molar-refractivity contribution in [3.05, 3.63) is 41.5 Å². The second-order valence-corrected chi connectivity index (χ2v) is 3.34. The summed E-state index contributed by atoms with van der Waals surface area (Å²) in [6.45, 7) is 0.720. The van der Waals surface area contributed by atoms with Crippen LogP contribution in [0.3, 0.4) is 0 Å². The van der Waals surface area contributed by atoms with Crippen molar-refractivity contribution in [1.29, 1.82) is 0 Å². The summed E-state index contributed by atoms with van der Waals surface area (Å²) in [5.41, 5.74) is 2.20. The highest BCUT2D eigenvalue weighted by molar-refractivity contribution is 5.86. The Morgan fingerprint density at radius 1 is 1.25 bits per heavy atom. The molecule has 0 aromatic heterocycles. The third-order valence-electron chi connectivity index (χ3n) is 2.19. The molecule has 1 rings (SSSR count). The first-order valence-electron chi connectivity index (χ1n) is 5.10. The Morgan fingerprint density at radius 3 is 2.50 bits per heavy atom. The number of benzene rings is 1. The number of hydrogen-bond donors (Lipinski definition) is 0. The molecule has 0 spiro atoms. The van der Waals surface area contributed by atoms with E-state index in [0.29, 0.717) is 0 Å². The number of carbonyl (C=O) groups excluding carboxylic acids is 1. The molecule has 1 aromatic rings. The van der Waals surface area contributed by atoms with E-state index in [0.717, 1.165) is 18.6 Å². The molecule has 86 valence electrons. The molecule has 3 nitrogen and oxygen atoms in total. The maximum atomic E-state index is 10.9. The Labute approximate surface area is 95.7 Å². The van der Waals surface area contributed by atoms with Crippen LogP contribution in [-0.2, 0) is 20.7 Å². The first-order valence-corrected chi connectivity index (χ1v) is 5.10. The van der Waals surface area contributed by atoms with Crippen LogP contribution in [0.5, 0.6) is 0 Å². The molecule has 0 aliphatic carbocycles. The van der Waals surface area contributed by atoms with Crippen molar-refractivity contribution in [1.82, 2.24) is 0 Å². The van der Waals surface area contributed by atoms with Gasteiger partial charge in [0, 0.05) is 13.2 Å². The van der Waals surface area contributed by atoms with Crippen LogP contribution in [-0.4, -0.2) is 26.8 Å². The number of carbonyl (C=O) groups is 1. The maximum absolute atomic E-state index is 10.9. The van der Waals surface area contributed by atoms with Crippen LogP contribution in [0.25, 0.3) is 6.08 Å². The minimum absolute atomic E-state index is 0.344. The zero-order valence-corrected chi connectivity index (χ0v) is 9.60. The van der Waals surface area contributed by atoms with Crippen LogP contribution in [0.4, 0.5) is 0 Å². The van der Waals surface area contributed by atoms with E-state index in [1.54, 1.807) is 13.2 Å². The topological polar surface area (TPSA) is 35.5 Å². The normalized spacial score (nSPS) is 10.6. The smallest absolute Gasteiger partial charge is 0.330 e. The lowest BCUT2D eigenvalue weighted by molar-refractivity contribution is -0.134. The number of ether oxygens (including phenoxy) is 2. The summed E-state index contributed by atoms with van der Waals surface area (Å²) < 4.78 is 9.50. The van der Waals surface area contributed by atoms with Gasteiger partial charge in [-0.25, -0.2) is 4.79 Å². The molecule has 0 heterocycles. The van der Waals surface area contributed by atoms with Gasteiger partial charge in [0.05, 0.1) is 13.7 Å². The molecule has 0 fully saturated rings. The fourth-order valence-corrected chi connectivity index (χ4v) is 1.25. The first kappa shape index (κ1) is 12.5. The van der Waals surface area contributed by atoms with Gasteiger partial charge in [-0.3, -0.25) is 0 Å². The molecule has 1 aromatic carbocycles. The Kier molecular flexibility index (Phi) is 5.29. The summed E-state index contributed by atoms with van der Waals surface area (Å²) >= 11 is 0. The van der Waals surface area contributed by atoms with Gasteiger partial charge in [-0.05, 0) is 23.6 Å². The molecule has 16 heavy (non-hydrogen) atoms. The minimum Gasteiger partial charge on any atom is -0.466 e. The number of methoxy groups -OCH3 is 2.